The number of aromatic nitrogens is 1. The van der Waals surface area contributed by atoms with E-state index in [0.717, 1.165) is 0 Å². The Bertz CT molecular complexity index is 906. The minimum atomic E-state index is -0.811. The quantitative estimate of drug-likeness (QED) is 0.659. The molecule has 0 saturated carbocycles. The first-order valence-electron chi connectivity index (χ1n) is 7.29. The Kier molecular flexibility index (Phi) is 3.47. The lowest BCUT2D eigenvalue weighted by Crippen LogP contribution is -2.44. The highest BCUT2D eigenvalue weighted by Crippen LogP contribution is 2.48. The molecule has 0 fully saturated rings. The van der Waals surface area contributed by atoms with Crippen molar-refractivity contribution in [1.82, 2.24) is 10.3 Å². The van der Waals surface area contributed by atoms with E-state index in [-0.39, 0.29) is 23.0 Å². The van der Waals surface area contributed by atoms with Gasteiger partial charge in [0.05, 0.1) is 20.2 Å². The second-order valence-corrected chi connectivity index (χ2v) is 7.55. The molecule has 1 aliphatic heterocycles. The van der Waals surface area contributed by atoms with Gasteiger partial charge in [-0.1, -0.05) is 12.2 Å². The van der Waals surface area contributed by atoms with Gasteiger partial charge < -0.3 is 5.32 Å². The summed E-state index contributed by atoms with van der Waals surface area (Å²) in [5.74, 6) is -0.706. The molecule has 0 unspecified atom stereocenters. The Morgan fingerprint density at radius 3 is 2.46 bits per heavy atom. The normalized spacial score (nSPS) is 21.8. The molecular formula is C17H10Br2N2O3. The van der Waals surface area contributed by atoms with Crippen LogP contribution in [0.15, 0.2) is 50.7 Å². The van der Waals surface area contributed by atoms with E-state index in [1.807, 2.05) is 0 Å². The van der Waals surface area contributed by atoms with Crippen molar-refractivity contribution in [3.05, 3.63) is 62.0 Å². The van der Waals surface area contributed by atoms with Crippen LogP contribution in [-0.4, -0.2) is 28.9 Å². The summed E-state index contributed by atoms with van der Waals surface area (Å²) in [6.45, 7) is 0.523. The third-order valence-electron chi connectivity index (χ3n) is 4.48. The average Bonchev–Trinajstić information content (AvgIpc) is 2.57. The van der Waals surface area contributed by atoms with Gasteiger partial charge in [0.25, 0.3) is 0 Å². The van der Waals surface area contributed by atoms with Crippen LogP contribution < -0.4 is 5.32 Å². The predicted molar refractivity (Wildman–Crippen MR) is 94.0 cm³/mol. The highest BCUT2D eigenvalue weighted by Gasteiger charge is 2.47. The number of fused-ring (bicyclic) bond motifs is 2. The minimum Gasteiger partial charge on any atom is -0.381 e. The fourth-order valence-electron chi connectivity index (χ4n) is 3.41. The lowest BCUT2D eigenvalue weighted by molar-refractivity contribution is -0.111. The molecule has 1 spiro atoms. The maximum atomic E-state index is 13.1. The van der Waals surface area contributed by atoms with Crippen LogP contribution in [0.2, 0.25) is 0 Å². The number of rotatable bonds is 0. The largest absolute Gasteiger partial charge is 0.381 e. The fraction of sp³-hybridized carbons (Fsp3) is 0.176. The Labute approximate surface area is 154 Å². The van der Waals surface area contributed by atoms with Crippen molar-refractivity contribution in [3.8, 4) is 0 Å². The summed E-state index contributed by atoms with van der Waals surface area (Å²) in [6, 6.07) is 3.25. The van der Waals surface area contributed by atoms with Crippen LogP contribution in [0.3, 0.4) is 0 Å². The van der Waals surface area contributed by atoms with Gasteiger partial charge in [-0.3, -0.25) is 19.4 Å². The van der Waals surface area contributed by atoms with Crippen LogP contribution in [0.25, 0.3) is 0 Å². The number of carbonyl (C=O) groups is 3. The topological polar surface area (TPSA) is 76.1 Å². The number of halogens is 2. The van der Waals surface area contributed by atoms with Crippen LogP contribution in [0, 0.1) is 5.41 Å². The van der Waals surface area contributed by atoms with Gasteiger partial charge >= 0.3 is 0 Å². The molecule has 4 rings (SSSR count). The van der Waals surface area contributed by atoms with E-state index < -0.39 is 5.41 Å². The SMILES string of the molecule is O=C1C(Br)=CC2(C=C1Br)CCNC1=C2C(=O)c2ncccc2C1=O. The van der Waals surface area contributed by atoms with Gasteiger partial charge in [0.2, 0.25) is 17.3 Å². The molecule has 2 aliphatic carbocycles. The van der Waals surface area contributed by atoms with Crippen LogP contribution in [-0.2, 0) is 4.79 Å². The number of pyridine rings is 1. The lowest BCUT2D eigenvalue weighted by atomic mass is 9.67. The highest BCUT2D eigenvalue weighted by atomic mass is 79.9. The first kappa shape index (κ1) is 15.7. The summed E-state index contributed by atoms with van der Waals surface area (Å²) in [5, 5.41) is 3.06. The zero-order chi connectivity index (χ0) is 17.1. The van der Waals surface area contributed by atoms with Crippen LogP contribution >= 0.6 is 31.9 Å². The average molecular weight is 450 g/mol. The molecule has 120 valence electrons. The molecule has 2 heterocycles. The van der Waals surface area contributed by atoms with Crippen LogP contribution in [0.5, 0.6) is 0 Å². The molecule has 0 aromatic carbocycles. The van der Waals surface area contributed by atoms with E-state index in [2.05, 4.69) is 42.2 Å². The van der Waals surface area contributed by atoms with E-state index in [1.165, 1.54) is 6.20 Å². The van der Waals surface area contributed by atoms with Crippen LogP contribution in [0.4, 0.5) is 0 Å². The summed E-state index contributed by atoms with van der Waals surface area (Å²) < 4.78 is 0.746. The summed E-state index contributed by atoms with van der Waals surface area (Å²) in [7, 11) is 0. The summed E-state index contributed by atoms with van der Waals surface area (Å²) in [6.07, 6.45) is 5.50. The number of ketones is 3. The summed E-state index contributed by atoms with van der Waals surface area (Å²) in [5.41, 5.74) is 0.313. The van der Waals surface area contributed by atoms with Gasteiger partial charge in [0.1, 0.15) is 5.69 Å². The maximum Gasteiger partial charge on any atom is 0.211 e. The molecular weight excluding hydrogens is 440 g/mol. The highest BCUT2D eigenvalue weighted by molar-refractivity contribution is 9.13. The number of hydrogen-bond donors (Lipinski definition) is 1. The molecule has 0 bridgehead atoms. The Hall–Kier alpha value is -1.86. The fourth-order valence-corrected chi connectivity index (χ4v) is 4.92. The Morgan fingerprint density at radius 1 is 1.04 bits per heavy atom. The number of carbonyl (C=O) groups excluding carboxylic acids is 3. The zero-order valence-corrected chi connectivity index (χ0v) is 15.4. The van der Waals surface area contributed by atoms with Crippen molar-refractivity contribution < 1.29 is 14.4 Å². The number of nitrogens with zero attached hydrogens (tertiary/aromatic N) is 1. The van der Waals surface area contributed by atoms with Crippen molar-refractivity contribution in [2.75, 3.05) is 6.54 Å². The van der Waals surface area contributed by atoms with Gasteiger partial charge in [-0.2, -0.15) is 0 Å². The number of hydrogen-bond acceptors (Lipinski definition) is 5. The second-order valence-electron chi connectivity index (χ2n) is 5.84. The van der Waals surface area contributed by atoms with Crippen molar-refractivity contribution >= 4 is 49.2 Å². The smallest absolute Gasteiger partial charge is 0.211 e. The van der Waals surface area contributed by atoms with Crippen molar-refractivity contribution in [1.29, 1.82) is 0 Å². The second kappa shape index (κ2) is 5.32. The molecule has 1 aromatic heterocycles. The van der Waals surface area contributed by atoms with Gasteiger partial charge in [0.15, 0.2) is 0 Å². The number of nitrogens with one attached hydrogen (secondary N) is 1. The summed E-state index contributed by atoms with van der Waals surface area (Å²) in [4.78, 5) is 42.0. The molecule has 0 radical (unpaired) electrons. The maximum absolute atomic E-state index is 13.1. The molecule has 0 atom stereocenters. The third-order valence-corrected chi connectivity index (χ3v) is 5.66. The van der Waals surface area contributed by atoms with Crippen molar-refractivity contribution in [2.24, 2.45) is 5.41 Å². The molecule has 5 nitrogen and oxygen atoms in total. The molecule has 1 N–H and O–H groups in total. The Balaban J connectivity index is 1.99. The van der Waals surface area contributed by atoms with E-state index >= 15 is 0 Å². The summed E-state index contributed by atoms with van der Waals surface area (Å²) >= 11 is 6.55. The predicted octanol–water partition coefficient (Wildman–Crippen LogP) is 2.83. The minimum absolute atomic E-state index is 0.162. The standard InChI is InChI=1S/C17H10Br2N2O3/c18-9-6-17(7-10(19)15(9)23)3-5-21-13-11(17)16(24)12-8(14(13)22)2-1-4-20-12/h1-2,4,6-7,21H,3,5H2. The first-order chi connectivity index (χ1) is 11.4. The lowest BCUT2D eigenvalue weighted by Gasteiger charge is -2.39. The molecule has 1 aromatic rings. The van der Waals surface area contributed by atoms with E-state index in [4.69, 9.17) is 0 Å². The number of Topliss-reactive ketones (excluding diaryl/α,β-unsaturated/α-hetero) is 3. The molecule has 3 aliphatic rings. The first-order valence-corrected chi connectivity index (χ1v) is 8.88. The molecule has 7 heteroatoms. The van der Waals surface area contributed by atoms with Crippen molar-refractivity contribution in [3.63, 3.8) is 0 Å². The van der Waals surface area contributed by atoms with E-state index in [9.17, 15) is 14.4 Å². The molecule has 0 saturated heterocycles. The molecule has 24 heavy (non-hydrogen) atoms. The zero-order valence-electron chi connectivity index (χ0n) is 12.2. The van der Waals surface area contributed by atoms with Gasteiger partial charge in [-0.15, -0.1) is 0 Å². The van der Waals surface area contributed by atoms with Crippen LogP contribution in [0.1, 0.15) is 27.3 Å². The third kappa shape index (κ3) is 2.04. The van der Waals surface area contributed by atoms with E-state index in [0.29, 0.717) is 38.8 Å². The molecule has 0 amide bonds. The Morgan fingerprint density at radius 2 is 1.75 bits per heavy atom. The van der Waals surface area contributed by atoms with Gasteiger partial charge in [-0.25, -0.2) is 0 Å². The van der Waals surface area contributed by atoms with Crippen molar-refractivity contribution in [2.45, 2.75) is 6.42 Å². The van der Waals surface area contributed by atoms with Gasteiger partial charge in [0, 0.05) is 23.7 Å². The number of allylic oxidation sites excluding steroid dienone is 6. The monoisotopic (exact) mass is 448 g/mol. The van der Waals surface area contributed by atoms with Gasteiger partial charge in [-0.05, 0) is 50.4 Å². The van der Waals surface area contributed by atoms with E-state index in [1.54, 1.807) is 24.3 Å².